The Balaban J connectivity index is 5.06. The smallest absolute Gasteiger partial charge is 0.305 e. The maximum absolute atomic E-state index is 14.2. The van der Waals surface area contributed by atoms with Crippen LogP contribution in [-0.2, 0) is 23.9 Å². The topological polar surface area (TPSA) is 76.2 Å². The van der Waals surface area contributed by atoms with Gasteiger partial charge in [-0.1, -0.05) is 166 Å². The number of nitrogens with zero attached hydrogens (tertiary/aromatic N) is 2. The van der Waals surface area contributed by atoms with Crippen LogP contribution in [0.1, 0.15) is 227 Å². The molecule has 0 spiro atoms. The van der Waals surface area contributed by atoms with Gasteiger partial charge in [0.2, 0.25) is 5.91 Å². The largest absolute Gasteiger partial charge is 0.463 e. The molecule has 0 aromatic rings. The minimum Gasteiger partial charge on any atom is -0.463 e. The molecule has 0 rings (SSSR count). The minimum atomic E-state index is -0.499. The van der Waals surface area contributed by atoms with Crippen molar-refractivity contribution in [3.05, 3.63) is 48.6 Å². The third-order valence-corrected chi connectivity index (χ3v) is 11.5. The van der Waals surface area contributed by atoms with Gasteiger partial charge in [-0.2, -0.15) is 0 Å². The van der Waals surface area contributed by atoms with Crippen LogP contribution in [0, 0.1) is 5.92 Å². The number of carbonyl (C=O) groups excluding carboxylic acids is 3. The monoisotopic (exact) mass is 855 g/mol. The summed E-state index contributed by atoms with van der Waals surface area (Å²) < 4.78 is 11.7. The van der Waals surface area contributed by atoms with E-state index in [-0.39, 0.29) is 37.0 Å². The fourth-order valence-electron chi connectivity index (χ4n) is 7.50. The molecule has 0 aromatic carbocycles. The normalized spacial score (nSPS) is 12.6. The molecule has 0 aromatic heterocycles. The maximum atomic E-state index is 14.2. The Hall–Kier alpha value is -2.67. The van der Waals surface area contributed by atoms with Crippen LogP contribution in [0.3, 0.4) is 0 Å². The van der Waals surface area contributed by atoms with Gasteiger partial charge in [0.15, 0.2) is 0 Å². The first kappa shape index (κ1) is 58.3. The summed E-state index contributed by atoms with van der Waals surface area (Å²) in [6, 6.07) is -0.499. The lowest BCUT2D eigenvalue weighted by Crippen LogP contribution is -2.49. The van der Waals surface area contributed by atoms with E-state index in [2.05, 4.69) is 81.2 Å². The van der Waals surface area contributed by atoms with E-state index in [9.17, 15) is 14.4 Å². The zero-order chi connectivity index (χ0) is 44.9. The quantitative estimate of drug-likeness (QED) is 0.0345. The number of ether oxygens (including phenoxy) is 2. The van der Waals surface area contributed by atoms with E-state index in [0.29, 0.717) is 19.4 Å². The second kappa shape index (κ2) is 45.4. The van der Waals surface area contributed by atoms with Crippen molar-refractivity contribution in [3.8, 4) is 0 Å². The summed E-state index contributed by atoms with van der Waals surface area (Å²) in [4.78, 5) is 44.3. The van der Waals surface area contributed by atoms with E-state index in [1.807, 2.05) is 19.0 Å². The van der Waals surface area contributed by atoms with Gasteiger partial charge in [0.1, 0.15) is 13.2 Å². The van der Waals surface area contributed by atoms with E-state index in [4.69, 9.17) is 9.47 Å². The number of amides is 1. The highest BCUT2D eigenvalue weighted by atomic mass is 16.5. The molecular formula is C54H98N2O5. The van der Waals surface area contributed by atoms with Crippen LogP contribution in [0.2, 0.25) is 0 Å². The molecule has 0 radical (unpaired) electrons. The number of hydrogen-bond donors (Lipinski definition) is 0. The van der Waals surface area contributed by atoms with Crippen molar-refractivity contribution in [3.63, 3.8) is 0 Å². The van der Waals surface area contributed by atoms with Gasteiger partial charge in [-0.25, -0.2) is 0 Å². The Bertz CT molecular complexity index is 1070. The van der Waals surface area contributed by atoms with E-state index in [0.717, 1.165) is 122 Å². The highest BCUT2D eigenvalue weighted by Crippen LogP contribution is 2.21. The molecule has 0 saturated carbocycles. The van der Waals surface area contributed by atoms with Crippen LogP contribution in [0.4, 0.5) is 0 Å². The molecule has 354 valence electrons. The van der Waals surface area contributed by atoms with Gasteiger partial charge >= 0.3 is 11.9 Å². The molecule has 1 atom stereocenters. The average Bonchev–Trinajstić information content (AvgIpc) is 3.25. The maximum Gasteiger partial charge on any atom is 0.305 e. The van der Waals surface area contributed by atoms with Gasteiger partial charge in [0, 0.05) is 25.3 Å². The van der Waals surface area contributed by atoms with Crippen LogP contribution >= 0.6 is 0 Å². The lowest BCUT2D eigenvalue weighted by molar-refractivity contribution is -0.156. The molecule has 1 unspecified atom stereocenters. The predicted octanol–water partition coefficient (Wildman–Crippen LogP) is 14.8. The summed E-state index contributed by atoms with van der Waals surface area (Å²) in [7, 11) is 4.07. The predicted molar refractivity (Wildman–Crippen MR) is 262 cm³/mol. The van der Waals surface area contributed by atoms with Crippen LogP contribution in [0.5, 0.6) is 0 Å². The van der Waals surface area contributed by atoms with Crippen molar-refractivity contribution in [1.82, 2.24) is 9.80 Å². The second-order valence-corrected chi connectivity index (χ2v) is 17.6. The second-order valence-electron chi connectivity index (χ2n) is 17.6. The molecule has 0 aliphatic rings. The summed E-state index contributed by atoms with van der Waals surface area (Å²) >= 11 is 0. The van der Waals surface area contributed by atoms with E-state index in [1.165, 1.54) is 70.6 Å². The molecule has 0 bridgehead atoms. The fraction of sp³-hybridized carbons (Fsp3) is 0.796. The van der Waals surface area contributed by atoms with Gasteiger partial charge in [-0.15, -0.1) is 0 Å². The molecule has 7 heteroatoms. The van der Waals surface area contributed by atoms with E-state index < -0.39 is 6.04 Å². The number of hydrogen-bond acceptors (Lipinski definition) is 6. The molecule has 0 heterocycles. The number of carbonyl (C=O) groups is 3. The lowest BCUT2D eigenvalue weighted by atomic mass is 9.96. The van der Waals surface area contributed by atoms with Gasteiger partial charge in [-0.05, 0) is 117 Å². The van der Waals surface area contributed by atoms with Crippen molar-refractivity contribution in [2.24, 2.45) is 5.92 Å². The number of unbranched alkanes of at least 4 members (excludes halogenated alkanes) is 19. The summed E-state index contributed by atoms with van der Waals surface area (Å²) in [5.74, 6) is -0.471. The number of allylic oxidation sites excluding steroid dienone is 8. The zero-order valence-electron chi connectivity index (χ0n) is 41.0. The molecule has 61 heavy (non-hydrogen) atoms. The number of esters is 2. The summed E-state index contributed by atoms with van der Waals surface area (Å²) in [5, 5.41) is 0. The Morgan fingerprint density at radius 3 is 1.28 bits per heavy atom. The zero-order valence-corrected chi connectivity index (χ0v) is 41.0. The number of rotatable bonds is 44. The molecule has 1 amide bonds. The first-order chi connectivity index (χ1) is 29.8. The van der Waals surface area contributed by atoms with Gasteiger partial charge in [0.05, 0.1) is 6.04 Å². The van der Waals surface area contributed by atoms with Gasteiger partial charge in [-0.3, -0.25) is 14.4 Å². The highest BCUT2D eigenvalue weighted by Gasteiger charge is 2.30. The first-order valence-electron chi connectivity index (χ1n) is 25.7. The molecule has 0 N–H and O–H groups in total. The Morgan fingerprint density at radius 2 is 0.852 bits per heavy atom. The van der Waals surface area contributed by atoms with Crippen molar-refractivity contribution in [1.29, 1.82) is 0 Å². The molecule has 7 nitrogen and oxygen atoms in total. The first-order valence-corrected chi connectivity index (χ1v) is 25.7. The van der Waals surface area contributed by atoms with E-state index >= 15 is 0 Å². The lowest BCUT2D eigenvalue weighted by Gasteiger charge is -2.34. The van der Waals surface area contributed by atoms with Crippen LogP contribution in [0.15, 0.2) is 48.6 Å². The van der Waals surface area contributed by atoms with Crippen LogP contribution in [0.25, 0.3) is 0 Å². The highest BCUT2D eigenvalue weighted by molar-refractivity contribution is 5.79. The Morgan fingerprint density at radius 1 is 0.459 bits per heavy atom. The fourth-order valence-corrected chi connectivity index (χ4v) is 7.50. The molecular weight excluding hydrogens is 757 g/mol. The van der Waals surface area contributed by atoms with Crippen molar-refractivity contribution in [2.45, 2.75) is 233 Å². The van der Waals surface area contributed by atoms with E-state index in [1.54, 1.807) is 0 Å². The third kappa shape index (κ3) is 38.7. The van der Waals surface area contributed by atoms with Gasteiger partial charge < -0.3 is 19.3 Å². The minimum absolute atomic E-state index is 0.0516. The van der Waals surface area contributed by atoms with Crippen molar-refractivity contribution in [2.75, 3.05) is 40.4 Å². The Labute approximate surface area is 378 Å². The van der Waals surface area contributed by atoms with Crippen molar-refractivity contribution >= 4 is 17.8 Å². The average molecular weight is 855 g/mol. The third-order valence-electron chi connectivity index (χ3n) is 11.5. The van der Waals surface area contributed by atoms with Crippen molar-refractivity contribution < 1.29 is 23.9 Å². The van der Waals surface area contributed by atoms with Gasteiger partial charge in [0.25, 0.3) is 0 Å². The molecule has 0 saturated heterocycles. The van der Waals surface area contributed by atoms with Crippen LogP contribution in [-0.4, -0.2) is 74.1 Å². The standard InChI is InChI=1S/C54H98N2O5/c1-7-11-14-17-19-21-23-25-27-29-31-33-35-37-40-44-52(57)60-48-51(56(47-42-46-55(5)6)54(59)50(10-4)43-39-16-13-9-3)49-61-53(58)45-41-38-36-34-32-30-28-26-24-22-20-18-15-12-8-2/h19-22,25-28,50-51H,7-18,23-24,29-49H2,1-6H3/b21-19-,22-20-,27-25-,28-26-. The molecule has 0 fully saturated rings. The molecule has 0 aliphatic carbocycles. The summed E-state index contributed by atoms with van der Waals surface area (Å²) in [6.45, 7) is 10.3. The summed E-state index contributed by atoms with van der Waals surface area (Å²) in [6.07, 6.45) is 50.8. The Kier molecular flexibility index (Phi) is 43.4. The van der Waals surface area contributed by atoms with Crippen LogP contribution < -0.4 is 0 Å². The SMILES string of the molecule is CCCCC/C=C\C/C=C\CCCCCCCC(=O)OCC(COC(=O)CCCCCCC/C=C\C/C=C\CCCCC)N(CCCN(C)C)C(=O)C(CC)CCCCCC. The summed E-state index contributed by atoms with van der Waals surface area (Å²) in [5.41, 5.74) is 0. The molecule has 0 aliphatic heterocycles.